The largest absolute Gasteiger partial charge is 0.320 e. The van der Waals surface area contributed by atoms with Gasteiger partial charge in [0.1, 0.15) is 0 Å². The highest BCUT2D eigenvalue weighted by Gasteiger charge is 2.22. The molecule has 1 atom stereocenters. The standard InChI is InChI=1S/C13H27N/c1-3-7-12(10-11-14-2)13-8-5-4-6-9-13/h12-14H,3-11H2,1-2H3. The van der Waals surface area contributed by atoms with Crippen molar-refractivity contribution in [3.8, 4) is 0 Å². The molecule has 0 aliphatic heterocycles. The minimum absolute atomic E-state index is 1.01. The molecule has 1 saturated carbocycles. The van der Waals surface area contributed by atoms with Gasteiger partial charge in [0.05, 0.1) is 0 Å². The molecular formula is C13H27N. The molecule has 1 rings (SSSR count). The Bertz CT molecular complexity index is 127. The van der Waals surface area contributed by atoms with E-state index in [-0.39, 0.29) is 0 Å². The van der Waals surface area contributed by atoms with Crippen LogP contribution in [-0.2, 0) is 0 Å². The Hall–Kier alpha value is -0.0400. The predicted octanol–water partition coefficient (Wildman–Crippen LogP) is 3.59. The average Bonchev–Trinajstić information content (AvgIpc) is 2.25. The zero-order valence-electron chi connectivity index (χ0n) is 10.0. The number of hydrogen-bond acceptors (Lipinski definition) is 1. The maximum atomic E-state index is 3.30. The molecule has 1 fully saturated rings. The predicted molar refractivity (Wildman–Crippen MR) is 63.5 cm³/mol. The molecule has 14 heavy (non-hydrogen) atoms. The van der Waals surface area contributed by atoms with E-state index >= 15 is 0 Å². The molecule has 1 nitrogen and oxygen atoms in total. The number of rotatable bonds is 6. The van der Waals surface area contributed by atoms with Crippen LogP contribution in [0.3, 0.4) is 0 Å². The Kier molecular flexibility index (Phi) is 6.25. The maximum Gasteiger partial charge on any atom is -0.00492 e. The number of nitrogens with one attached hydrogen (secondary N) is 1. The summed E-state index contributed by atoms with van der Waals surface area (Å²) in [6, 6.07) is 0. The summed E-state index contributed by atoms with van der Waals surface area (Å²) in [5.41, 5.74) is 0. The highest BCUT2D eigenvalue weighted by Crippen LogP contribution is 2.33. The molecule has 1 heteroatoms. The third-order valence-corrected chi connectivity index (χ3v) is 3.74. The second-order valence-corrected chi connectivity index (χ2v) is 4.84. The summed E-state index contributed by atoms with van der Waals surface area (Å²) in [4.78, 5) is 0. The van der Waals surface area contributed by atoms with Gasteiger partial charge in [0.2, 0.25) is 0 Å². The first-order valence-corrected chi connectivity index (χ1v) is 6.53. The first-order chi connectivity index (χ1) is 6.88. The quantitative estimate of drug-likeness (QED) is 0.686. The molecule has 0 aromatic rings. The van der Waals surface area contributed by atoms with Gasteiger partial charge in [0.25, 0.3) is 0 Å². The maximum absolute atomic E-state index is 3.30. The lowest BCUT2D eigenvalue weighted by molar-refractivity contribution is 0.223. The van der Waals surface area contributed by atoms with Gasteiger partial charge in [-0.2, -0.15) is 0 Å². The van der Waals surface area contributed by atoms with Crippen molar-refractivity contribution >= 4 is 0 Å². The van der Waals surface area contributed by atoms with E-state index in [2.05, 4.69) is 19.3 Å². The van der Waals surface area contributed by atoms with Crippen LogP contribution in [0, 0.1) is 11.8 Å². The van der Waals surface area contributed by atoms with E-state index in [1.165, 1.54) is 57.9 Å². The summed E-state index contributed by atoms with van der Waals surface area (Å²) < 4.78 is 0. The van der Waals surface area contributed by atoms with Crippen LogP contribution in [0.5, 0.6) is 0 Å². The molecule has 0 aromatic heterocycles. The van der Waals surface area contributed by atoms with Crippen molar-refractivity contribution in [2.24, 2.45) is 11.8 Å². The topological polar surface area (TPSA) is 12.0 Å². The van der Waals surface area contributed by atoms with Crippen molar-refractivity contribution in [1.29, 1.82) is 0 Å². The first kappa shape index (κ1) is 12.0. The molecule has 84 valence electrons. The molecule has 0 aromatic carbocycles. The second kappa shape index (κ2) is 7.28. The molecule has 1 N–H and O–H groups in total. The van der Waals surface area contributed by atoms with Crippen molar-refractivity contribution < 1.29 is 0 Å². The fraction of sp³-hybridized carbons (Fsp3) is 1.00. The van der Waals surface area contributed by atoms with Crippen LogP contribution in [0.15, 0.2) is 0 Å². The van der Waals surface area contributed by atoms with Gasteiger partial charge in [-0.05, 0) is 31.8 Å². The van der Waals surface area contributed by atoms with E-state index < -0.39 is 0 Å². The van der Waals surface area contributed by atoms with Gasteiger partial charge in [-0.3, -0.25) is 0 Å². The molecule has 0 radical (unpaired) electrons. The van der Waals surface area contributed by atoms with Crippen LogP contribution < -0.4 is 5.32 Å². The zero-order chi connectivity index (χ0) is 10.2. The fourth-order valence-corrected chi connectivity index (χ4v) is 2.92. The van der Waals surface area contributed by atoms with Gasteiger partial charge in [0, 0.05) is 0 Å². The molecular weight excluding hydrogens is 170 g/mol. The van der Waals surface area contributed by atoms with Gasteiger partial charge >= 0.3 is 0 Å². The molecule has 0 spiro atoms. The Labute approximate surface area is 89.7 Å². The summed E-state index contributed by atoms with van der Waals surface area (Å²) in [6.45, 7) is 3.54. The highest BCUT2D eigenvalue weighted by atomic mass is 14.8. The van der Waals surface area contributed by atoms with Crippen LogP contribution in [0.25, 0.3) is 0 Å². The summed E-state index contributed by atoms with van der Waals surface area (Å²) in [6.07, 6.45) is 11.7. The van der Waals surface area contributed by atoms with Gasteiger partial charge in [-0.15, -0.1) is 0 Å². The molecule has 0 saturated heterocycles. The van der Waals surface area contributed by atoms with Crippen LogP contribution >= 0.6 is 0 Å². The highest BCUT2D eigenvalue weighted by molar-refractivity contribution is 4.74. The Morgan fingerprint density at radius 2 is 1.86 bits per heavy atom. The van der Waals surface area contributed by atoms with E-state index in [9.17, 15) is 0 Å². The lowest BCUT2D eigenvalue weighted by Crippen LogP contribution is -2.22. The van der Waals surface area contributed by atoms with E-state index in [0.717, 1.165) is 11.8 Å². The second-order valence-electron chi connectivity index (χ2n) is 4.84. The van der Waals surface area contributed by atoms with E-state index in [1.807, 2.05) is 0 Å². The Morgan fingerprint density at radius 3 is 2.43 bits per heavy atom. The molecule has 0 amide bonds. The van der Waals surface area contributed by atoms with Gasteiger partial charge < -0.3 is 5.32 Å². The number of hydrogen-bond donors (Lipinski definition) is 1. The molecule has 1 aliphatic rings. The average molecular weight is 197 g/mol. The third-order valence-electron chi connectivity index (χ3n) is 3.74. The zero-order valence-corrected chi connectivity index (χ0v) is 10.0. The fourth-order valence-electron chi connectivity index (χ4n) is 2.92. The van der Waals surface area contributed by atoms with E-state index in [0.29, 0.717) is 0 Å². The monoisotopic (exact) mass is 197 g/mol. The van der Waals surface area contributed by atoms with Gasteiger partial charge in [0.15, 0.2) is 0 Å². The normalized spacial score (nSPS) is 21.0. The van der Waals surface area contributed by atoms with E-state index in [1.54, 1.807) is 0 Å². The summed E-state index contributed by atoms with van der Waals surface area (Å²) in [5.74, 6) is 2.06. The summed E-state index contributed by atoms with van der Waals surface area (Å²) in [5, 5.41) is 3.30. The summed E-state index contributed by atoms with van der Waals surface area (Å²) >= 11 is 0. The van der Waals surface area contributed by atoms with Crippen LogP contribution in [0.2, 0.25) is 0 Å². The van der Waals surface area contributed by atoms with Crippen molar-refractivity contribution in [3.05, 3.63) is 0 Å². The third kappa shape index (κ3) is 4.00. The van der Waals surface area contributed by atoms with Crippen LogP contribution in [-0.4, -0.2) is 13.6 Å². The van der Waals surface area contributed by atoms with Crippen LogP contribution in [0.4, 0.5) is 0 Å². The smallest absolute Gasteiger partial charge is 0.00492 e. The van der Waals surface area contributed by atoms with Crippen molar-refractivity contribution in [2.75, 3.05) is 13.6 Å². The van der Waals surface area contributed by atoms with E-state index in [4.69, 9.17) is 0 Å². The summed E-state index contributed by atoms with van der Waals surface area (Å²) in [7, 11) is 2.07. The Balaban J connectivity index is 2.30. The van der Waals surface area contributed by atoms with Gasteiger partial charge in [-0.25, -0.2) is 0 Å². The molecule has 1 aliphatic carbocycles. The molecule has 0 heterocycles. The minimum Gasteiger partial charge on any atom is -0.320 e. The van der Waals surface area contributed by atoms with Crippen LogP contribution in [0.1, 0.15) is 58.3 Å². The molecule has 1 unspecified atom stereocenters. The Morgan fingerprint density at radius 1 is 1.14 bits per heavy atom. The first-order valence-electron chi connectivity index (χ1n) is 6.53. The minimum atomic E-state index is 1.01. The van der Waals surface area contributed by atoms with Crippen molar-refractivity contribution in [1.82, 2.24) is 5.32 Å². The van der Waals surface area contributed by atoms with Crippen molar-refractivity contribution in [3.63, 3.8) is 0 Å². The SMILES string of the molecule is CCCC(CCNC)C1CCCCC1. The lowest BCUT2D eigenvalue weighted by Gasteiger charge is -2.30. The lowest BCUT2D eigenvalue weighted by atomic mass is 9.76. The van der Waals surface area contributed by atoms with Crippen molar-refractivity contribution in [2.45, 2.75) is 58.3 Å². The van der Waals surface area contributed by atoms with Gasteiger partial charge in [-0.1, -0.05) is 51.9 Å². The molecule has 0 bridgehead atoms.